The van der Waals surface area contributed by atoms with E-state index in [4.69, 9.17) is 0 Å². The topological polar surface area (TPSA) is 86.8 Å². The Morgan fingerprint density at radius 2 is 1.58 bits per heavy atom. The molecule has 38 heavy (non-hydrogen) atoms. The van der Waals surface area contributed by atoms with Crippen molar-refractivity contribution in [3.63, 3.8) is 0 Å². The summed E-state index contributed by atoms with van der Waals surface area (Å²) < 4.78 is 29.4. The van der Waals surface area contributed by atoms with E-state index in [1.165, 1.54) is 17.0 Å². The van der Waals surface area contributed by atoms with Crippen molar-refractivity contribution in [1.82, 2.24) is 10.2 Å². The molecule has 0 radical (unpaired) electrons. The van der Waals surface area contributed by atoms with E-state index in [1.54, 1.807) is 43.3 Å². The molecule has 0 saturated carbocycles. The van der Waals surface area contributed by atoms with Crippen molar-refractivity contribution in [2.45, 2.75) is 45.2 Å². The van der Waals surface area contributed by atoms with Crippen LogP contribution in [0.15, 0.2) is 88.2 Å². The predicted octanol–water partition coefficient (Wildman–Crippen LogP) is 5.14. The molecule has 0 saturated heterocycles. The van der Waals surface area contributed by atoms with Gasteiger partial charge in [0.1, 0.15) is 12.6 Å². The summed E-state index contributed by atoms with van der Waals surface area (Å²) in [4.78, 5) is 28.4. The summed E-state index contributed by atoms with van der Waals surface area (Å²) in [5, 5.41) is 2.89. The molecule has 0 heterocycles. The molecular formula is C29H34BrN3O4S. The smallest absolute Gasteiger partial charge is 0.264 e. The van der Waals surface area contributed by atoms with Gasteiger partial charge in [0.25, 0.3) is 10.0 Å². The zero-order chi connectivity index (χ0) is 27.9. The Kier molecular flexibility index (Phi) is 10.1. The highest BCUT2D eigenvalue weighted by Crippen LogP contribution is 2.27. The Bertz CT molecular complexity index is 1350. The maximum atomic E-state index is 13.9. The summed E-state index contributed by atoms with van der Waals surface area (Å²) in [7, 11) is -4.09. The predicted molar refractivity (Wildman–Crippen MR) is 154 cm³/mol. The molecule has 0 aliphatic heterocycles. The van der Waals surface area contributed by atoms with E-state index in [-0.39, 0.29) is 23.3 Å². The molecule has 0 unspecified atom stereocenters. The summed E-state index contributed by atoms with van der Waals surface area (Å²) >= 11 is 3.40. The maximum Gasteiger partial charge on any atom is 0.264 e. The van der Waals surface area contributed by atoms with Crippen molar-refractivity contribution in [2.24, 2.45) is 5.92 Å². The fourth-order valence-electron chi connectivity index (χ4n) is 3.81. The van der Waals surface area contributed by atoms with Gasteiger partial charge < -0.3 is 10.2 Å². The Balaban J connectivity index is 2.00. The van der Waals surface area contributed by atoms with Gasteiger partial charge in [-0.2, -0.15) is 0 Å². The minimum absolute atomic E-state index is 0.0770. The van der Waals surface area contributed by atoms with Crippen LogP contribution >= 0.6 is 15.9 Å². The number of aryl methyl sites for hydroxylation is 1. The molecule has 9 heteroatoms. The monoisotopic (exact) mass is 599 g/mol. The van der Waals surface area contributed by atoms with Crippen LogP contribution in [0.2, 0.25) is 0 Å². The molecule has 0 spiro atoms. The molecule has 7 nitrogen and oxygen atoms in total. The number of anilines is 1. The Hall–Kier alpha value is -3.17. The number of nitrogens with one attached hydrogen (secondary N) is 1. The van der Waals surface area contributed by atoms with Crippen molar-refractivity contribution < 1.29 is 18.0 Å². The number of sulfonamides is 1. The zero-order valence-corrected chi connectivity index (χ0v) is 24.5. The first kappa shape index (κ1) is 29.4. The summed E-state index contributed by atoms with van der Waals surface area (Å²) in [5.74, 6) is -0.536. The molecule has 2 amide bonds. The van der Waals surface area contributed by atoms with Gasteiger partial charge in [0.15, 0.2) is 0 Å². The SMILES string of the molecule is Cc1ccc(S(=O)(=O)N(CC(=O)N(Cc2ccccc2)[C@@H](C)C(=O)NCC(C)C)c2cccc(Br)c2)cc1. The molecule has 0 aliphatic carbocycles. The van der Waals surface area contributed by atoms with Crippen LogP contribution in [0, 0.1) is 12.8 Å². The van der Waals surface area contributed by atoms with Gasteiger partial charge in [-0.15, -0.1) is 0 Å². The third-order valence-electron chi connectivity index (χ3n) is 6.03. The standard InChI is InChI=1S/C29H34BrN3O4S/c1-21(2)18-31-29(35)23(4)32(19-24-9-6-5-7-10-24)28(34)20-33(26-12-8-11-25(30)17-26)38(36,37)27-15-13-22(3)14-16-27/h5-17,21,23H,18-20H2,1-4H3,(H,31,35)/t23-/m0/s1. The molecule has 0 fully saturated rings. The van der Waals surface area contributed by atoms with Crippen LogP contribution in [-0.2, 0) is 26.2 Å². The quantitative estimate of drug-likeness (QED) is 0.330. The van der Waals surface area contributed by atoms with Crippen LogP contribution in [0.25, 0.3) is 0 Å². The molecule has 0 aliphatic rings. The van der Waals surface area contributed by atoms with Gasteiger partial charge in [-0.25, -0.2) is 8.42 Å². The minimum atomic E-state index is -4.09. The highest BCUT2D eigenvalue weighted by atomic mass is 79.9. The number of carbonyl (C=O) groups is 2. The third kappa shape index (κ3) is 7.68. The van der Waals surface area contributed by atoms with Crippen LogP contribution in [0.4, 0.5) is 5.69 Å². The van der Waals surface area contributed by atoms with Crippen molar-refractivity contribution in [3.8, 4) is 0 Å². The lowest BCUT2D eigenvalue weighted by atomic mass is 10.1. The summed E-state index contributed by atoms with van der Waals surface area (Å²) in [6, 6.07) is 21.8. The number of amides is 2. The van der Waals surface area contributed by atoms with E-state index in [0.29, 0.717) is 16.7 Å². The second kappa shape index (κ2) is 13.1. The van der Waals surface area contributed by atoms with Gasteiger partial charge in [-0.3, -0.25) is 13.9 Å². The zero-order valence-electron chi connectivity index (χ0n) is 22.1. The first-order valence-corrected chi connectivity index (χ1v) is 14.7. The van der Waals surface area contributed by atoms with E-state index in [1.807, 2.05) is 51.1 Å². The van der Waals surface area contributed by atoms with Crippen LogP contribution in [0.1, 0.15) is 31.9 Å². The lowest BCUT2D eigenvalue weighted by Crippen LogP contribution is -2.51. The molecule has 0 aromatic heterocycles. The number of hydrogen-bond donors (Lipinski definition) is 1. The van der Waals surface area contributed by atoms with E-state index in [9.17, 15) is 18.0 Å². The largest absolute Gasteiger partial charge is 0.354 e. The first-order valence-electron chi connectivity index (χ1n) is 12.4. The van der Waals surface area contributed by atoms with Gasteiger partial charge in [0.05, 0.1) is 10.6 Å². The second-order valence-electron chi connectivity index (χ2n) is 9.63. The van der Waals surface area contributed by atoms with Gasteiger partial charge in [-0.05, 0) is 55.7 Å². The van der Waals surface area contributed by atoms with Gasteiger partial charge in [0.2, 0.25) is 11.8 Å². The fraction of sp³-hybridized carbons (Fsp3) is 0.310. The highest BCUT2D eigenvalue weighted by molar-refractivity contribution is 9.10. The molecular weight excluding hydrogens is 566 g/mol. The Morgan fingerprint density at radius 3 is 2.18 bits per heavy atom. The number of benzene rings is 3. The van der Waals surface area contributed by atoms with E-state index >= 15 is 0 Å². The lowest BCUT2D eigenvalue weighted by Gasteiger charge is -2.32. The normalized spacial score (nSPS) is 12.2. The molecule has 202 valence electrons. The minimum Gasteiger partial charge on any atom is -0.354 e. The number of halogens is 1. The van der Waals surface area contributed by atoms with Crippen LogP contribution in [-0.4, -0.2) is 44.3 Å². The van der Waals surface area contributed by atoms with Crippen LogP contribution in [0.5, 0.6) is 0 Å². The summed E-state index contributed by atoms with van der Waals surface area (Å²) in [6.07, 6.45) is 0. The molecule has 1 N–H and O–H groups in total. The molecule has 0 bridgehead atoms. The fourth-order valence-corrected chi connectivity index (χ4v) is 5.61. The number of hydrogen-bond acceptors (Lipinski definition) is 4. The van der Waals surface area contributed by atoms with Gasteiger partial charge in [-0.1, -0.05) is 83.9 Å². The third-order valence-corrected chi connectivity index (χ3v) is 8.31. The Morgan fingerprint density at radius 1 is 0.921 bits per heavy atom. The first-order chi connectivity index (χ1) is 18.0. The van der Waals surface area contributed by atoms with E-state index in [2.05, 4.69) is 21.2 Å². The lowest BCUT2D eigenvalue weighted by molar-refractivity contribution is -0.139. The summed E-state index contributed by atoms with van der Waals surface area (Å²) in [6.45, 7) is 7.68. The van der Waals surface area contributed by atoms with Crippen LogP contribution in [0.3, 0.4) is 0 Å². The van der Waals surface area contributed by atoms with E-state index < -0.39 is 28.5 Å². The van der Waals surface area contributed by atoms with Crippen molar-refractivity contribution in [1.29, 1.82) is 0 Å². The van der Waals surface area contributed by atoms with Gasteiger partial charge >= 0.3 is 0 Å². The van der Waals surface area contributed by atoms with Crippen molar-refractivity contribution >= 4 is 43.5 Å². The van der Waals surface area contributed by atoms with Crippen LogP contribution < -0.4 is 9.62 Å². The average Bonchev–Trinajstić information content (AvgIpc) is 2.89. The molecule has 3 aromatic carbocycles. The van der Waals surface area contributed by atoms with E-state index in [0.717, 1.165) is 15.4 Å². The average molecular weight is 601 g/mol. The number of carbonyl (C=O) groups excluding carboxylic acids is 2. The summed E-state index contributed by atoms with van der Waals surface area (Å²) in [5.41, 5.74) is 2.09. The maximum absolute atomic E-state index is 13.9. The molecule has 3 aromatic rings. The Labute approximate surface area is 234 Å². The molecule has 1 atom stereocenters. The van der Waals surface area contributed by atoms with Crippen molar-refractivity contribution in [3.05, 3.63) is 94.5 Å². The van der Waals surface area contributed by atoms with Crippen molar-refractivity contribution in [2.75, 3.05) is 17.4 Å². The second-order valence-corrected chi connectivity index (χ2v) is 12.4. The number of rotatable bonds is 11. The number of nitrogens with zero attached hydrogens (tertiary/aromatic N) is 2. The highest BCUT2D eigenvalue weighted by Gasteiger charge is 2.32. The van der Waals surface area contributed by atoms with Gasteiger partial charge in [0, 0.05) is 17.6 Å². The molecule has 3 rings (SSSR count).